The van der Waals surface area contributed by atoms with E-state index in [4.69, 9.17) is 4.74 Å². The van der Waals surface area contributed by atoms with Crippen LogP contribution in [0.4, 0.5) is 8.78 Å². The first-order chi connectivity index (χ1) is 11.5. The minimum Gasteiger partial charge on any atom is -0.384 e. The van der Waals surface area contributed by atoms with Gasteiger partial charge in [0, 0.05) is 25.0 Å². The zero-order chi connectivity index (χ0) is 17.2. The third kappa shape index (κ3) is 4.68. The van der Waals surface area contributed by atoms with Crippen LogP contribution in [-0.4, -0.2) is 39.3 Å². The molecule has 2 N–H and O–H groups in total. The van der Waals surface area contributed by atoms with Crippen LogP contribution in [0.5, 0.6) is 0 Å². The smallest absolute Gasteiger partial charge is 0.223 e. The average molecular weight is 375 g/mol. The summed E-state index contributed by atoms with van der Waals surface area (Å²) in [5.74, 6) is -1.45. The highest BCUT2D eigenvalue weighted by molar-refractivity contribution is 5.85. The van der Waals surface area contributed by atoms with Crippen LogP contribution in [0.2, 0.25) is 0 Å². The molecular formula is C18H25ClF2N2O2. The standard InChI is InChI=1S/C18H24F2N2O2.ClH/c1-24-11-18(4-6-21-7-5-18)10-22-17(23)15-9-13(15)14-8-12(19)2-3-16(14)20;/h2-3,8,13,15,21H,4-7,9-11H2,1H3,(H,22,23);1H. The van der Waals surface area contributed by atoms with Gasteiger partial charge in [0.1, 0.15) is 11.6 Å². The summed E-state index contributed by atoms with van der Waals surface area (Å²) in [6.07, 6.45) is 2.48. The van der Waals surface area contributed by atoms with Gasteiger partial charge in [-0.05, 0) is 62.0 Å². The van der Waals surface area contributed by atoms with Gasteiger partial charge in [-0.1, -0.05) is 0 Å². The van der Waals surface area contributed by atoms with Gasteiger partial charge in [0.25, 0.3) is 0 Å². The van der Waals surface area contributed by atoms with Crippen molar-refractivity contribution < 1.29 is 18.3 Å². The Morgan fingerprint density at radius 2 is 2.08 bits per heavy atom. The number of amides is 1. The molecule has 1 aliphatic heterocycles. The molecule has 0 radical (unpaired) electrons. The fourth-order valence-corrected chi connectivity index (χ4v) is 3.67. The molecule has 2 aliphatic rings. The molecule has 2 atom stereocenters. The van der Waals surface area contributed by atoms with Crippen molar-refractivity contribution in [2.75, 3.05) is 33.4 Å². The molecule has 7 heteroatoms. The van der Waals surface area contributed by atoms with Gasteiger partial charge in [-0.3, -0.25) is 4.79 Å². The molecule has 1 amide bonds. The third-order valence-corrected chi connectivity index (χ3v) is 5.24. The summed E-state index contributed by atoms with van der Waals surface area (Å²) in [5, 5.41) is 6.33. The second kappa shape index (κ2) is 8.43. The summed E-state index contributed by atoms with van der Waals surface area (Å²) in [6, 6.07) is 3.43. The Balaban J connectivity index is 0.00000225. The molecule has 0 bridgehead atoms. The number of ether oxygens (including phenoxy) is 1. The maximum atomic E-state index is 13.8. The van der Waals surface area contributed by atoms with Gasteiger partial charge in [0.15, 0.2) is 0 Å². The lowest BCUT2D eigenvalue weighted by molar-refractivity contribution is -0.123. The average Bonchev–Trinajstić information content (AvgIpc) is 3.37. The predicted octanol–water partition coefficient (Wildman–Crippen LogP) is 2.62. The van der Waals surface area contributed by atoms with E-state index in [1.807, 2.05) is 0 Å². The highest BCUT2D eigenvalue weighted by Crippen LogP contribution is 2.48. The molecule has 4 nitrogen and oxygen atoms in total. The van der Waals surface area contributed by atoms with E-state index in [0.717, 1.165) is 38.1 Å². The molecule has 1 aliphatic carbocycles. The summed E-state index contributed by atoms with van der Waals surface area (Å²) in [6.45, 7) is 3.01. The summed E-state index contributed by atoms with van der Waals surface area (Å²) >= 11 is 0. The van der Waals surface area contributed by atoms with Crippen molar-refractivity contribution in [2.45, 2.75) is 25.2 Å². The first kappa shape index (κ1) is 20.1. The summed E-state index contributed by atoms with van der Waals surface area (Å²) in [5.41, 5.74) is 0.271. The minimum absolute atomic E-state index is 0. The number of carbonyl (C=O) groups is 1. The SMILES string of the molecule is COCC1(CNC(=O)C2CC2c2cc(F)ccc2F)CCNCC1.Cl. The van der Waals surface area contributed by atoms with Crippen molar-refractivity contribution in [1.29, 1.82) is 0 Å². The highest BCUT2D eigenvalue weighted by Gasteiger charge is 2.46. The maximum Gasteiger partial charge on any atom is 0.223 e. The molecule has 0 aromatic heterocycles. The number of rotatable bonds is 6. The van der Waals surface area contributed by atoms with E-state index in [1.165, 1.54) is 6.07 Å². The van der Waals surface area contributed by atoms with Gasteiger partial charge in [-0.25, -0.2) is 8.78 Å². The van der Waals surface area contributed by atoms with E-state index in [1.54, 1.807) is 7.11 Å². The minimum atomic E-state index is -0.466. The number of hydrogen-bond donors (Lipinski definition) is 2. The van der Waals surface area contributed by atoms with Gasteiger partial charge in [-0.2, -0.15) is 0 Å². The number of methoxy groups -OCH3 is 1. The Kier molecular flexibility index (Phi) is 6.77. The van der Waals surface area contributed by atoms with E-state index in [2.05, 4.69) is 10.6 Å². The lowest BCUT2D eigenvalue weighted by atomic mass is 9.79. The van der Waals surface area contributed by atoms with Gasteiger partial charge < -0.3 is 15.4 Å². The van der Waals surface area contributed by atoms with Crippen LogP contribution in [-0.2, 0) is 9.53 Å². The Labute approximate surface area is 153 Å². The quantitative estimate of drug-likeness (QED) is 0.804. The van der Waals surface area contributed by atoms with Crippen LogP contribution in [0.1, 0.15) is 30.7 Å². The molecule has 1 aromatic carbocycles. The van der Waals surface area contributed by atoms with E-state index < -0.39 is 11.6 Å². The van der Waals surface area contributed by atoms with Crippen molar-refractivity contribution in [3.63, 3.8) is 0 Å². The Morgan fingerprint density at radius 1 is 1.36 bits per heavy atom. The van der Waals surface area contributed by atoms with Crippen LogP contribution in [0.25, 0.3) is 0 Å². The molecule has 2 fully saturated rings. The first-order valence-corrected chi connectivity index (χ1v) is 8.47. The van der Waals surface area contributed by atoms with Crippen molar-refractivity contribution in [3.8, 4) is 0 Å². The molecule has 2 unspecified atom stereocenters. The lowest BCUT2D eigenvalue weighted by Gasteiger charge is -2.37. The predicted molar refractivity (Wildman–Crippen MR) is 93.9 cm³/mol. The Morgan fingerprint density at radius 3 is 2.76 bits per heavy atom. The van der Waals surface area contributed by atoms with Crippen molar-refractivity contribution in [2.24, 2.45) is 11.3 Å². The third-order valence-electron chi connectivity index (χ3n) is 5.24. The summed E-state index contributed by atoms with van der Waals surface area (Å²) in [4.78, 5) is 12.4. The van der Waals surface area contributed by atoms with Crippen LogP contribution >= 0.6 is 12.4 Å². The molecular weight excluding hydrogens is 350 g/mol. The number of piperidine rings is 1. The summed E-state index contributed by atoms with van der Waals surface area (Å²) < 4.78 is 32.5. The van der Waals surface area contributed by atoms with Crippen LogP contribution in [0.3, 0.4) is 0 Å². The molecule has 3 rings (SSSR count). The molecule has 140 valence electrons. The second-order valence-electron chi connectivity index (χ2n) is 7.02. The van der Waals surface area contributed by atoms with E-state index in [0.29, 0.717) is 25.1 Å². The summed E-state index contributed by atoms with van der Waals surface area (Å²) in [7, 11) is 1.68. The van der Waals surface area contributed by atoms with E-state index in [9.17, 15) is 13.6 Å². The van der Waals surface area contributed by atoms with E-state index >= 15 is 0 Å². The first-order valence-electron chi connectivity index (χ1n) is 8.47. The van der Waals surface area contributed by atoms with Gasteiger partial charge in [0.05, 0.1) is 6.61 Å². The lowest BCUT2D eigenvalue weighted by Crippen LogP contribution is -2.47. The largest absolute Gasteiger partial charge is 0.384 e. The molecule has 1 aromatic rings. The number of nitrogens with one attached hydrogen (secondary N) is 2. The zero-order valence-corrected chi connectivity index (χ0v) is 15.1. The van der Waals surface area contributed by atoms with Gasteiger partial charge >= 0.3 is 0 Å². The number of halogens is 3. The van der Waals surface area contributed by atoms with Crippen molar-refractivity contribution in [1.82, 2.24) is 10.6 Å². The molecule has 1 saturated heterocycles. The highest BCUT2D eigenvalue weighted by atomic mass is 35.5. The molecule has 25 heavy (non-hydrogen) atoms. The monoisotopic (exact) mass is 374 g/mol. The maximum absolute atomic E-state index is 13.8. The fraction of sp³-hybridized carbons (Fsp3) is 0.611. The van der Waals surface area contributed by atoms with Gasteiger partial charge in [0.2, 0.25) is 5.91 Å². The van der Waals surface area contributed by atoms with Crippen molar-refractivity contribution in [3.05, 3.63) is 35.4 Å². The van der Waals surface area contributed by atoms with Crippen LogP contribution < -0.4 is 10.6 Å². The fourth-order valence-electron chi connectivity index (χ4n) is 3.67. The molecule has 0 spiro atoms. The van der Waals surface area contributed by atoms with Gasteiger partial charge in [-0.15, -0.1) is 12.4 Å². The Bertz CT molecular complexity index is 603. The van der Waals surface area contributed by atoms with Crippen molar-refractivity contribution >= 4 is 18.3 Å². The second-order valence-corrected chi connectivity index (χ2v) is 7.02. The van der Waals surface area contributed by atoms with E-state index in [-0.39, 0.29) is 35.6 Å². The van der Waals surface area contributed by atoms with Crippen LogP contribution in [0, 0.1) is 23.0 Å². The molecule has 1 heterocycles. The normalized spacial score (nSPS) is 24.3. The number of carbonyl (C=O) groups excluding carboxylic acids is 1. The van der Waals surface area contributed by atoms with Crippen LogP contribution in [0.15, 0.2) is 18.2 Å². The topological polar surface area (TPSA) is 50.4 Å². The number of hydrogen-bond acceptors (Lipinski definition) is 3. The number of benzene rings is 1. The zero-order valence-electron chi connectivity index (χ0n) is 14.3. The molecule has 1 saturated carbocycles. The Hall–Kier alpha value is -1.24.